The fourth-order valence-electron chi connectivity index (χ4n) is 4.59. The number of para-hydroxylation sites is 1. The average molecular weight is 467 g/mol. The Bertz CT molecular complexity index is 1740. The summed E-state index contributed by atoms with van der Waals surface area (Å²) in [5.41, 5.74) is 2.43. The third-order valence-electron chi connectivity index (χ3n) is 6.28. The minimum atomic E-state index is -3.85. The Kier molecular flexibility index (Phi) is 4.50. The van der Waals surface area contributed by atoms with Crippen LogP contribution in [-0.4, -0.2) is 18.2 Å². The first kappa shape index (κ1) is 20.5. The first-order valence-corrected chi connectivity index (χ1v) is 12.4. The lowest BCUT2D eigenvalue weighted by Gasteiger charge is -2.11. The Morgan fingerprint density at radius 3 is 2.29 bits per heavy atom. The molecule has 0 saturated carbocycles. The van der Waals surface area contributed by atoms with Crippen molar-refractivity contribution in [1.82, 2.24) is 9.78 Å². The predicted molar refractivity (Wildman–Crippen MR) is 129 cm³/mol. The van der Waals surface area contributed by atoms with Gasteiger partial charge in [0, 0.05) is 11.5 Å². The molecule has 0 bridgehead atoms. The van der Waals surface area contributed by atoms with E-state index in [4.69, 9.17) is 0 Å². The molecule has 1 atom stereocenters. The van der Waals surface area contributed by atoms with Crippen molar-refractivity contribution in [2.75, 3.05) is 0 Å². The Morgan fingerprint density at radius 2 is 1.56 bits per heavy atom. The second kappa shape index (κ2) is 7.46. The molecule has 1 aliphatic rings. The van der Waals surface area contributed by atoms with E-state index >= 15 is 0 Å². The van der Waals surface area contributed by atoms with Gasteiger partial charge in [0.1, 0.15) is 0 Å². The van der Waals surface area contributed by atoms with Crippen molar-refractivity contribution in [2.45, 2.75) is 17.1 Å². The van der Waals surface area contributed by atoms with E-state index in [1.807, 2.05) is 61.7 Å². The number of pyridine rings is 1. The van der Waals surface area contributed by atoms with Crippen molar-refractivity contribution in [3.8, 4) is 11.4 Å². The Balaban J connectivity index is 1.67. The molecule has 166 valence electrons. The fourth-order valence-corrected chi connectivity index (χ4v) is 6.39. The van der Waals surface area contributed by atoms with Crippen molar-refractivity contribution in [3.05, 3.63) is 124 Å². The maximum atomic E-state index is 13.9. The van der Waals surface area contributed by atoms with Gasteiger partial charge in [-0.05, 0) is 42.6 Å². The second-order valence-electron chi connectivity index (χ2n) is 8.44. The van der Waals surface area contributed by atoms with Crippen LogP contribution in [0, 0.1) is 6.92 Å². The third-order valence-corrected chi connectivity index (χ3v) is 8.32. The van der Waals surface area contributed by atoms with Crippen LogP contribution in [-0.2, 0) is 9.84 Å². The highest BCUT2D eigenvalue weighted by atomic mass is 32.2. The number of rotatable bonds is 3. The highest BCUT2D eigenvalue weighted by Crippen LogP contribution is 2.39. The van der Waals surface area contributed by atoms with Crippen molar-refractivity contribution < 1.29 is 13.0 Å². The Morgan fingerprint density at radius 1 is 0.882 bits per heavy atom. The van der Waals surface area contributed by atoms with Crippen LogP contribution in [0.2, 0.25) is 0 Å². The van der Waals surface area contributed by atoms with E-state index in [1.165, 1.54) is 10.9 Å². The van der Waals surface area contributed by atoms with Crippen LogP contribution in [0.1, 0.15) is 22.1 Å². The summed E-state index contributed by atoms with van der Waals surface area (Å²) in [5, 5.41) is 5.14. The minimum Gasteiger partial charge on any atom is -0.260 e. The standard InChI is InChI=1S/C27H20N3O3S/c1-18-11-13-22(14-12-18)34(32,33)26-23-16-28-30(21-9-3-2-4-10-21)27(31)25(23)29-17-20-8-6-5-7-19(20)15-24(26)29/h2-17,26H,1H3/q+1. The van der Waals surface area contributed by atoms with Crippen LogP contribution in [0.4, 0.5) is 0 Å². The molecule has 6 nitrogen and oxygen atoms in total. The molecule has 0 spiro atoms. The number of benzene rings is 3. The fraction of sp³-hybridized carbons (Fsp3) is 0.0741. The maximum Gasteiger partial charge on any atom is 0.344 e. The lowest BCUT2D eigenvalue weighted by Crippen LogP contribution is -2.40. The summed E-state index contributed by atoms with van der Waals surface area (Å²) in [6, 6.07) is 25.5. The van der Waals surface area contributed by atoms with Gasteiger partial charge in [-0.3, -0.25) is 4.79 Å². The summed E-state index contributed by atoms with van der Waals surface area (Å²) in [4.78, 5) is 13.9. The molecule has 0 radical (unpaired) electrons. The quantitative estimate of drug-likeness (QED) is 0.379. The second-order valence-corrected chi connectivity index (χ2v) is 10.5. The van der Waals surface area contributed by atoms with Gasteiger partial charge >= 0.3 is 5.56 Å². The summed E-state index contributed by atoms with van der Waals surface area (Å²) < 4.78 is 30.9. The molecule has 0 amide bonds. The minimum absolute atomic E-state index is 0.211. The van der Waals surface area contributed by atoms with Gasteiger partial charge in [0.25, 0.3) is 5.69 Å². The molecular formula is C27H20N3O3S+. The van der Waals surface area contributed by atoms with Crippen LogP contribution >= 0.6 is 0 Å². The molecule has 0 aliphatic carbocycles. The van der Waals surface area contributed by atoms with Gasteiger partial charge in [0.2, 0.25) is 5.69 Å². The molecule has 0 saturated heterocycles. The zero-order valence-electron chi connectivity index (χ0n) is 18.3. The molecule has 2 aromatic heterocycles. The molecule has 3 heterocycles. The van der Waals surface area contributed by atoms with Crippen LogP contribution in [0.25, 0.3) is 22.1 Å². The molecule has 34 heavy (non-hydrogen) atoms. The van der Waals surface area contributed by atoms with E-state index in [9.17, 15) is 13.2 Å². The topological polar surface area (TPSA) is 72.9 Å². The van der Waals surface area contributed by atoms with Crippen LogP contribution in [0.15, 0.2) is 107 Å². The maximum absolute atomic E-state index is 13.9. The van der Waals surface area contributed by atoms with Crippen molar-refractivity contribution in [2.24, 2.45) is 0 Å². The third kappa shape index (κ3) is 3.01. The highest BCUT2D eigenvalue weighted by molar-refractivity contribution is 7.92. The van der Waals surface area contributed by atoms with Gasteiger partial charge in [-0.25, -0.2) is 8.42 Å². The van der Waals surface area contributed by atoms with E-state index in [0.29, 0.717) is 22.6 Å². The average Bonchev–Trinajstić information content (AvgIpc) is 3.18. The lowest BCUT2D eigenvalue weighted by molar-refractivity contribution is -0.597. The smallest absolute Gasteiger partial charge is 0.260 e. The van der Waals surface area contributed by atoms with E-state index in [1.54, 1.807) is 41.0 Å². The Labute approximate surface area is 196 Å². The summed E-state index contributed by atoms with van der Waals surface area (Å²) in [6.45, 7) is 1.91. The zero-order chi connectivity index (χ0) is 23.4. The van der Waals surface area contributed by atoms with Gasteiger partial charge in [-0.2, -0.15) is 14.3 Å². The molecule has 1 aliphatic heterocycles. The molecule has 0 fully saturated rings. The summed E-state index contributed by atoms with van der Waals surface area (Å²) in [6.07, 6.45) is 3.35. The summed E-state index contributed by atoms with van der Waals surface area (Å²) in [7, 11) is -3.85. The summed E-state index contributed by atoms with van der Waals surface area (Å²) in [5.74, 6) is 0. The van der Waals surface area contributed by atoms with Gasteiger partial charge in [0.05, 0.1) is 22.3 Å². The zero-order valence-corrected chi connectivity index (χ0v) is 19.1. The number of sulfone groups is 1. The predicted octanol–water partition coefficient (Wildman–Crippen LogP) is 3.85. The molecule has 7 heteroatoms. The molecular weight excluding hydrogens is 446 g/mol. The monoisotopic (exact) mass is 466 g/mol. The molecule has 3 aromatic carbocycles. The van der Waals surface area contributed by atoms with E-state index < -0.39 is 15.1 Å². The van der Waals surface area contributed by atoms with E-state index in [2.05, 4.69) is 5.10 Å². The highest BCUT2D eigenvalue weighted by Gasteiger charge is 2.48. The number of fused-ring (bicyclic) bond motifs is 4. The first-order valence-electron chi connectivity index (χ1n) is 10.9. The van der Waals surface area contributed by atoms with Crippen LogP contribution in [0.5, 0.6) is 0 Å². The van der Waals surface area contributed by atoms with Crippen molar-refractivity contribution in [1.29, 1.82) is 0 Å². The van der Waals surface area contributed by atoms with Crippen LogP contribution < -0.4 is 10.1 Å². The first-order chi connectivity index (χ1) is 16.4. The van der Waals surface area contributed by atoms with E-state index in [-0.39, 0.29) is 10.5 Å². The molecule has 5 aromatic rings. The van der Waals surface area contributed by atoms with Crippen LogP contribution in [0.3, 0.4) is 0 Å². The SMILES string of the molecule is Cc1ccc(S(=O)(=O)C2c3cnn(-c4ccccc4)c(=O)c3-[n+]3cc4ccccc4cc32)cc1. The number of nitrogens with zero attached hydrogens (tertiary/aromatic N) is 3. The van der Waals surface area contributed by atoms with E-state index in [0.717, 1.165) is 16.3 Å². The Hall–Kier alpha value is -4.10. The van der Waals surface area contributed by atoms with Gasteiger partial charge in [0.15, 0.2) is 21.3 Å². The van der Waals surface area contributed by atoms with Gasteiger partial charge in [-0.1, -0.05) is 54.1 Å². The molecule has 6 rings (SSSR count). The van der Waals surface area contributed by atoms with Crippen molar-refractivity contribution in [3.63, 3.8) is 0 Å². The number of hydrogen-bond donors (Lipinski definition) is 0. The molecule has 0 N–H and O–H groups in total. The summed E-state index contributed by atoms with van der Waals surface area (Å²) >= 11 is 0. The number of aryl methyl sites for hydroxylation is 1. The molecule has 1 unspecified atom stereocenters. The largest absolute Gasteiger partial charge is 0.344 e. The normalized spacial score (nSPS) is 14.7. The van der Waals surface area contributed by atoms with Gasteiger partial charge < -0.3 is 0 Å². The van der Waals surface area contributed by atoms with Crippen molar-refractivity contribution >= 4 is 20.6 Å². The number of aromatic nitrogens is 3. The lowest BCUT2D eigenvalue weighted by atomic mass is 10.1. The van der Waals surface area contributed by atoms with Gasteiger partial charge in [-0.15, -0.1) is 0 Å². The number of hydrogen-bond acceptors (Lipinski definition) is 4.